The number of carbonyl (C=O) groups is 2. The van der Waals surface area contributed by atoms with Crippen molar-refractivity contribution in [2.45, 2.75) is 38.3 Å². The van der Waals surface area contributed by atoms with Crippen LogP contribution in [-0.2, 0) is 9.59 Å². The third-order valence-corrected chi connectivity index (χ3v) is 4.37. The van der Waals surface area contributed by atoms with Crippen LogP contribution in [0.1, 0.15) is 37.8 Å². The molecule has 6 heteroatoms. The summed E-state index contributed by atoms with van der Waals surface area (Å²) >= 11 is 3.39. The van der Waals surface area contributed by atoms with Gasteiger partial charge in [0.2, 0.25) is 11.8 Å². The number of rotatable bonds is 4. The maximum atomic E-state index is 12.5. The summed E-state index contributed by atoms with van der Waals surface area (Å²) in [7, 11) is 0. The molecule has 22 heavy (non-hydrogen) atoms. The fourth-order valence-electron chi connectivity index (χ4n) is 2.73. The summed E-state index contributed by atoms with van der Waals surface area (Å²) in [5.74, 6) is -0.104. The highest BCUT2D eigenvalue weighted by molar-refractivity contribution is 9.10. The molecule has 1 aromatic carbocycles. The molecular weight excluding hydrogens is 346 g/mol. The lowest BCUT2D eigenvalue weighted by atomic mass is 10.0. The molecule has 1 aliphatic rings. The Labute approximate surface area is 139 Å². The average molecular weight is 368 g/mol. The van der Waals surface area contributed by atoms with Crippen LogP contribution in [0.5, 0.6) is 0 Å². The molecule has 0 unspecified atom stereocenters. The molecular formula is C16H22BrN3O2. The van der Waals surface area contributed by atoms with Crippen molar-refractivity contribution in [2.75, 3.05) is 13.1 Å². The number of hydrogen-bond donors (Lipinski definition) is 2. The van der Waals surface area contributed by atoms with Gasteiger partial charge in [-0.3, -0.25) is 9.59 Å². The van der Waals surface area contributed by atoms with Crippen LogP contribution >= 0.6 is 15.9 Å². The third kappa shape index (κ3) is 4.81. The molecule has 2 amide bonds. The number of benzene rings is 1. The molecule has 1 fully saturated rings. The van der Waals surface area contributed by atoms with Crippen LogP contribution in [0.15, 0.2) is 28.7 Å². The lowest BCUT2D eigenvalue weighted by Gasteiger charge is -2.32. The Kier molecular flexibility index (Phi) is 5.97. The third-order valence-electron chi connectivity index (χ3n) is 3.84. The summed E-state index contributed by atoms with van der Waals surface area (Å²) in [6.07, 6.45) is 2.16. The van der Waals surface area contributed by atoms with E-state index in [1.54, 1.807) is 0 Å². The van der Waals surface area contributed by atoms with Crippen LogP contribution in [0.25, 0.3) is 0 Å². The molecule has 2 atom stereocenters. The normalized spacial score (nSPS) is 19.6. The number of amides is 2. The molecule has 0 aliphatic carbocycles. The maximum absolute atomic E-state index is 12.5. The van der Waals surface area contributed by atoms with Crippen molar-refractivity contribution in [1.82, 2.24) is 10.2 Å². The highest BCUT2D eigenvalue weighted by atomic mass is 79.9. The summed E-state index contributed by atoms with van der Waals surface area (Å²) in [6.45, 7) is 2.82. The summed E-state index contributed by atoms with van der Waals surface area (Å²) in [5.41, 5.74) is 6.86. The van der Waals surface area contributed by atoms with E-state index in [2.05, 4.69) is 21.2 Å². The standard InChI is InChI=1S/C16H22BrN3O2/c1-11(21)19-15(12-4-6-13(17)7-5-12)9-16(22)20-8-2-3-14(18)10-20/h4-7,14-15H,2-3,8-10,18H2,1H3,(H,19,21)/t14-,15-/m1/s1. The zero-order valence-electron chi connectivity index (χ0n) is 12.7. The first-order valence-corrected chi connectivity index (χ1v) is 8.31. The average Bonchev–Trinajstić information content (AvgIpc) is 2.47. The van der Waals surface area contributed by atoms with Gasteiger partial charge in [0.25, 0.3) is 0 Å². The van der Waals surface area contributed by atoms with Crippen molar-refractivity contribution in [3.8, 4) is 0 Å². The topological polar surface area (TPSA) is 75.4 Å². The van der Waals surface area contributed by atoms with E-state index in [-0.39, 0.29) is 30.3 Å². The van der Waals surface area contributed by atoms with E-state index >= 15 is 0 Å². The molecule has 0 saturated carbocycles. The smallest absolute Gasteiger partial charge is 0.225 e. The van der Waals surface area contributed by atoms with E-state index in [1.165, 1.54) is 6.92 Å². The lowest BCUT2D eigenvalue weighted by molar-refractivity contribution is -0.133. The van der Waals surface area contributed by atoms with Gasteiger partial charge in [0.15, 0.2) is 0 Å². The van der Waals surface area contributed by atoms with E-state index in [4.69, 9.17) is 5.73 Å². The molecule has 5 nitrogen and oxygen atoms in total. The largest absolute Gasteiger partial charge is 0.349 e. The minimum atomic E-state index is -0.309. The van der Waals surface area contributed by atoms with Crippen LogP contribution in [0.2, 0.25) is 0 Å². The van der Waals surface area contributed by atoms with Gasteiger partial charge < -0.3 is 16.0 Å². The predicted molar refractivity (Wildman–Crippen MR) is 89.1 cm³/mol. The monoisotopic (exact) mass is 367 g/mol. The van der Waals surface area contributed by atoms with Gasteiger partial charge in [-0.15, -0.1) is 0 Å². The van der Waals surface area contributed by atoms with Crippen molar-refractivity contribution in [3.05, 3.63) is 34.3 Å². The minimum absolute atomic E-state index is 0.0387. The Morgan fingerprint density at radius 1 is 1.41 bits per heavy atom. The van der Waals surface area contributed by atoms with Gasteiger partial charge in [-0.1, -0.05) is 28.1 Å². The SMILES string of the molecule is CC(=O)N[C@H](CC(=O)N1CCC[C@@H](N)C1)c1ccc(Br)cc1. The molecule has 2 rings (SSSR count). The first-order valence-electron chi connectivity index (χ1n) is 7.51. The number of carbonyl (C=O) groups excluding carboxylic acids is 2. The van der Waals surface area contributed by atoms with Crippen LogP contribution in [-0.4, -0.2) is 35.8 Å². The number of halogens is 1. The van der Waals surface area contributed by atoms with Crippen molar-refractivity contribution in [2.24, 2.45) is 5.73 Å². The first kappa shape index (κ1) is 17.0. The van der Waals surface area contributed by atoms with E-state index in [1.807, 2.05) is 29.2 Å². The van der Waals surface area contributed by atoms with Crippen LogP contribution < -0.4 is 11.1 Å². The number of nitrogens with two attached hydrogens (primary N) is 1. The van der Waals surface area contributed by atoms with Gasteiger partial charge in [-0.2, -0.15) is 0 Å². The maximum Gasteiger partial charge on any atom is 0.225 e. The molecule has 1 heterocycles. The van der Waals surface area contributed by atoms with Crippen molar-refractivity contribution in [1.29, 1.82) is 0 Å². The molecule has 120 valence electrons. The zero-order valence-corrected chi connectivity index (χ0v) is 14.3. The Hall–Kier alpha value is -1.40. The second kappa shape index (κ2) is 7.74. The zero-order chi connectivity index (χ0) is 16.1. The van der Waals surface area contributed by atoms with Gasteiger partial charge in [0.1, 0.15) is 0 Å². The number of hydrogen-bond acceptors (Lipinski definition) is 3. The summed E-state index contributed by atoms with van der Waals surface area (Å²) in [6, 6.07) is 7.40. The van der Waals surface area contributed by atoms with E-state index in [9.17, 15) is 9.59 Å². The van der Waals surface area contributed by atoms with Gasteiger partial charge in [0.05, 0.1) is 12.5 Å². The second-order valence-electron chi connectivity index (χ2n) is 5.75. The van der Waals surface area contributed by atoms with E-state index < -0.39 is 0 Å². The molecule has 3 N–H and O–H groups in total. The molecule has 0 aromatic heterocycles. The Morgan fingerprint density at radius 3 is 2.68 bits per heavy atom. The molecule has 0 spiro atoms. The fourth-order valence-corrected chi connectivity index (χ4v) is 3.00. The Morgan fingerprint density at radius 2 is 2.09 bits per heavy atom. The number of nitrogens with zero attached hydrogens (tertiary/aromatic N) is 1. The number of nitrogens with one attached hydrogen (secondary N) is 1. The molecule has 0 bridgehead atoms. The summed E-state index contributed by atoms with van der Waals surface area (Å²) in [5, 5.41) is 2.86. The molecule has 1 saturated heterocycles. The Bertz CT molecular complexity index is 533. The predicted octanol–water partition coefficient (Wildman–Crippen LogP) is 1.97. The van der Waals surface area contributed by atoms with Gasteiger partial charge in [0, 0.05) is 30.5 Å². The molecule has 0 radical (unpaired) electrons. The molecule has 1 aromatic rings. The van der Waals surface area contributed by atoms with Gasteiger partial charge >= 0.3 is 0 Å². The Balaban J connectivity index is 2.07. The van der Waals surface area contributed by atoms with Crippen molar-refractivity contribution >= 4 is 27.7 Å². The van der Waals surface area contributed by atoms with Crippen molar-refractivity contribution in [3.63, 3.8) is 0 Å². The second-order valence-corrected chi connectivity index (χ2v) is 6.67. The first-order chi connectivity index (χ1) is 10.5. The van der Waals surface area contributed by atoms with Gasteiger partial charge in [-0.05, 0) is 30.5 Å². The highest BCUT2D eigenvalue weighted by Gasteiger charge is 2.24. The molecule has 1 aliphatic heterocycles. The van der Waals surface area contributed by atoms with E-state index in [0.29, 0.717) is 6.54 Å². The van der Waals surface area contributed by atoms with Crippen LogP contribution in [0, 0.1) is 0 Å². The van der Waals surface area contributed by atoms with Gasteiger partial charge in [-0.25, -0.2) is 0 Å². The summed E-state index contributed by atoms with van der Waals surface area (Å²) < 4.78 is 0.964. The van der Waals surface area contributed by atoms with E-state index in [0.717, 1.165) is 29.4 Å². The van der Waals surface area contributed by atoms with Crippen LogP contribution in [0.4, 0.5) is 0 Å². The quantitative estimate of drug-likeness (QED) is 0.853. The number of piperidine rings is 1. The van der Waals surface area contributed by atoms with Crippen LogP contribution in [0.3, 0.4) is 0 Å². The fraction of sp³-hybridized carbons (Fsp3) is 0.500. The van der Waals surface area contributed by atoms with Crippen molar-refractivity contribution < 1.29 is 9.59 Å². The minimum Gasteiger partial charge on any atom is -0.349 e. The number of likely N-dealkylation sites (tertiary alicyclic amines) is 1. The summed E-state index contributed by atoms with van der Waals surface area (Å²) in [4.78, 5) is 25.7. The lowest BCUT2D eigenvalue weighted by Crippen LogP contribution is -2.46. The highest BCUT2D eigenvalue weighted by Crippen LogP contribution is 2.21.